The molecule has 1 heterocycles. The Bertz CT molecular complexity index is 539. The van der Waals surface area contributed by atoms with Crippen LogP contribution in [0.1, 0.15) is 25.3 Å². The number of nitrogens with two attached hydrogens (primary N) is 1. The van der Waals surface area contributed by atoms with E-state index in [4.69, 9.17) is 10.5 Å². The zero-order valence-electron chi connectivity index (χ0n) is 11.9. The smallest absolute Gasteiger partial charge is 0.260 e. The lowest BCUT2D eigenvalue weighted by molar-refractivity contribution is 0.164. The molecule has 1 aliphatic rings. The predicted octanol–water partition coefficient (Wildman–Crippen LogP) is 0.304. The molecule has 1 fully saturated rings. The minimum atomic E-state index is -3.62. The fourth-order valence-electron chi connectivity index (χ4n) is 2.32. The summed E-state index contributed by atoms with van der Waals surface area (Å²) in [5.74, 6) is 0.436. The van der Waals surface area contributed by atoms with Gasteiger partial charge in [0, 0.05) is 31.8 Å². The molecule has 1 aliphatic carbocycles. The van der Waals surface area contributed by atoms with Crippen LogP contribution in [0.4, 0.5) is 0 Å². The third-order valence-corrected chi connectivity index (χ3v) is 5.74. The molecule has 2 rings (SSSR count). The Morgan fingerprint density at radius 1 is 1.60 bits per heavy atom. The van der Waals surface area contributed by atoms with Gasteiger partial charge < -0.3 is 10.5 Å². The van der Waals surface area contributed by atoms with E-state index in [9.17, 15) is 8.42 Å². The first kappa shape index (κ1) is 15.4. The van der Waals surface area contributed by atoms with E-state index in [0.717, 1.165) is 12.8 Å². The Labute approximate surface area is 119 Å². The molecule has 1 unspecified atom stereocenters. The molecule has 0 saturated heterocycles. The topological polar surface area (TPSA) is 101 Å². The number of hydrogen-bond acceptors (Lipinski definition) is 5. The van der Waals surface area contributed by atoms with Gasteiger partial charge in [0.05, 0.1) is 12.8 Å². The lowest BCUT2D eigenvalue weighted by atomic mass is 10.2. The van der Waals surface area contributed by atoms with Gasteiger partial charge in [-0.2, -0.15) is 9.40 Å². The van der Waals surface area contributed by atoms with Crippen molar-refractivity contribution in [3.63, 3.8) is 0 Å². The summed E-state index contributed by atoms with van der Waals surface area (Å²) in [5.41, 5.74) is 6.08. The van der Waals surface area contributed by atoms with Gasteiger partial charge in [-0.3, -0.25) is 5.10 Å². The molecular weight excluding hydrogens is 280 g/mol. The first-order chi connectivity index (χ1) is 9.52. The van der Waals surface area contributed by atoms with Gasteiger partial charge in [-0.05, 0) is 25.7 Å². The molecule has 1 atom stereocenters. The van der Waals surface area contributed by atoms with Crippen molar-refractivity contribution in [1.82, 2.24) is 14.5 Å². The summed E-state index contributed by atoms with van der Waals surface area (Å²) < 4.78 is 32.1. The molecule has 0 aromatic carbocycles. The molecule has 0 aliphatic heterocycles. The summed E-state index contributed by atoms with van der Waals surface area (Å²) in [4.78, 5) is 0. The molecule has 7 nitrogen and oxygen atoms in total. The predicted molar refractivity (Wildman–Crippen MR) is 74.4 cm³/mol. The quantitative estimate of drug-likeness (QED) is 0.719. The van der Waals surface area contributed by atoms with Crippen molar-refractivity contribution in [3.05, 3.63) is 11.8 Å². The molecule has 3 N–H and O–H groups in total. The Hall–Kier alpha value is -0.960. The summed E-state index contributed by atoms with van der Waals surface area (Å²) in [6.45, 7) is 2.78. The van der Waals surface area contributed by atoms with Crippen LogP contribution in [-0.4, -0.2) is 49.2 Å². The summed E-state index contributed by atoms with van der Waals surface area (Å²) in [6.07, 6.45) is 3.61. The van der Waals surface area contributed by atoms with Gasteiger partial charge in [0.1, 0.15) is 0 Å². The second-order valence-corrected chi connectivity index (χ2v) is 6.94. The van der Waals surface area contributed by atoms with Crippen molar-refractivity contribution < 1.29 is 13.2 Å². The molecule has 0 radical (unpaired) electrons. The van der Waals surface area contributed by atoms with Crippen molar-refractivity contribution in [3.8, 4) is 0 Å². The summed E-state index contributed by atoms with van der Waals surface area (Å²) in [5, 5.41) is 6.47. The average Bonchev–Trinajstić information content (AvgIpc) is 3.15. The SMILES string of the molecule is COCCN(C(C)C1CC1)S(=O)(=O)c1[nH]ncc1CN. The third-order valence-electron chi connectivity index (χ3n) is 3.74. The van der Waals surface area contributed by atoms with Gasteiger partial charge in [0.15, 0.2) is 5.03 Å². The molecule has 0 spiro atoms. The maximum Gasteiger partial charge on any atom is 0.260 e. The molecule has 114 valence electrons. The van der Waals surface area contributed by atoms with Crippen molar-refractivity contribution in [2.24, 2.45) is 11.7 Å². The molecule has 8 heteroatoms. The minimum Gasteiger partial charge on any atom is -0.383 e. The van der Waals surface area contributed by atoms with Crippen LogP contribution in [0, 0.1) is 5.92 Å². The minimum absolute atomic E-state index is 0.0379. The number of aromatic nitrogens is 2. The Kier molecular flexibility index (Phi) is 4.79. The number of sulfonamides is 1. The number of rotatable bonds is 8. The van der Waals surface area contributed by atoms with Crippen molar-refractivity contribution in [1.29, 1.82) is 0 Å². The Balaban J connectivity index is 2.30. The lowest BCUT2D eigenvalue weighted by Gasteiger charge is -2.27. The van der Waals surface area contributed by atoms with E-state index in [2.05, 4.69) is 10.2 Å². The number of ether oxygens (including phenoxy) is 1. The zero-order valence-corrected chi connectivity index (χ0v) is 12.7. The van der Waals surface area contributed by atoms with E-state index in [1.54, 1.807) is 7.11 Å². The van der Waals surface area contributed by atoms with Crippen LogP contribution in [0.3, 0.4) is 0 Å². The van der Waals surface area contributed by atoms with E-state index in [0.29, 0.717) is 24.6 Å². The van der Waals surface area contributed by atoms with E-state index in [1.165, 1.54) is 10.5 Å². The van der Waals surface area contributed by atoms with Crippen molar-refractivity contribution in [2.75, 3.05) is 20.3 Å². The van der Waals surface area contributed by atoms with E-state index < -0.39 is 10.0 Å². The third kappa shape index (κ3) is 3.03. The number of hydrogen-bond donors (Lipinski definition) is 2. The molecule has 0 bridgehead atoms. The molecule has 1 aromatic rings. The average molecular weight is 302 g/mol. The van der Waals surface area contributed by atoms with Gasteiger partial charge in [-0.15, -0.1) is 0 Å². The first-order valence-electron chi connectivity index (χ1n) is 6.75. The molecular formula is C12H22N4O3S. The number of methoxy groups -OCH3 is 1. The van der Waals surface area contributed by atoms with Crippen LogP contribution in [-0.2, 0) is 21.3 Å². The van der Waals surface area contributed by atoms with Crippen LogP contribution in [0.2, 0.25) is 0 Å². The van der Waals surface area contributed by atoms with Gasteiger partial charge >= 0.3 is 0 Å². The largest absolute Gasteiger partial charge is 0.383 e. The fourth-order valence-corrected chi connectivity index (χ4v) is 4.12. The second-order valence-electron chi connectivity index (χ2n) is 5.12. The first-order valence-corrected chi connectivity index (χ1v) is 8.19. The van der Waals surface area contributed by atoms with Gasteiger partial charge in [0.25, 0.3) is 10.0 Å². The summed E-state index contributed by atoms with van der Waals surface area (Å²) in [6, 6.07) is -0.0379. The maximum absolute atomic E-state index is 12.8. The van der Waals surface area contributed by atoms with E-state index in [1.807, 2.05) is 6.92 Å². The van der Waals surface area contributed by atoms with E-state index >= 15 is 0 Å². The van der Waals surface area contributed by atoms with Gasteiger partial charge in [0.2, 0.25) is 0 Å². The summed E-state index contributed by atoms with van der Waals surface area (Å²) in [7, 11) is -2.06. The lowest BCUT2D eigenvalue weighted by Crippen LogP contribution is -2.42. The van der Waals surface area contributed by atoms with E-state index in [-0.39, 0.29) is 17.6 Å². The Morgan fingerprint density at radius 2 is 2.30 bits per heavy atom. The zero-order chi connectivity index (χ0) is 14.8. The number of nitrogens with one attached hydrogen (secondary N) is 1. The van der Waals surface area contributed by atoms with Crippen molar-refractivity contribution in [2.45, 2.75) is 37.4 Å². The number of H-pyrrole nitrogens is 1. The number of aromatic amines is 1. The highest BCUT2D eigenvalue weighted by Gasteiger charge is 2.39. The monoisotopic (exact) mass is 302 g/mol. The maximum atomic E-state index is 12.8. The van der Waals surface area contributed by atoms with Crippen LogP contribution in [0.5, 0.6) is 0 Å². The van der Waals surface area contributed by atoms with Crippen molar-refractivity contribution >= 4 is 10.0 Å². The second kappa shape index (κ2) is 6.21. The Morgan fingerprint density at radius 3 is 2.85 bits per heavy atom. The van der Waals surface area contributed by atoms with Gasteiger partial charge in [-0.1, -0.05) is 0 Å². The molecule has 0 amide bonds. The highest BCUT2D eigenvalue weighted by Crippen LogP contribution is 2.37. The standard InChI is InChI=1S/C12H22N4O3S/c1-9(10-3-4-10)16(5-6-19-2)20(17,18)12-11(7-13)8-14-15-12/h8-10H,3-7,13H2,1-2H3,(H,14,15). The highest BCUT2D eigenvalue weighted by atomic mass is 32.2. The fraction of sp³-hybridized carbons (Fsp3) is 0.750. The van der Waals surface area contributed by atoms with Crippen LogP contribution in [0.15, 0.2) is 11.2 Å². The van der Waals surface area contributed by atoms with Crippen LogP contribution in [0.25, 0.3) is 0 Å². The summed E-state index contributed by atoms with van der Waals surface area (Å²) >= 11 is 0. The molecule has 1 saturated carbocycles. The molecule has 1 aromatic heterocycles. The van der Waals surface area contributed by atoms with Crippen LogP contribution < -0.4 is 5.73 Å². The molecule has 20 heavy (non-hydrogen) atoms. The van der Waals surface area contributed by atoms with Gasteiger partial charge in [-0.25, -0.2) is 8.42 Å². The normalized spacial score (nSPS) is 17.6. The highest BCUT2D eigenvalue weighted by molar-refractivity contribution is 7.89. The number of nitrogens with zero attached hydrogens (tertiary/aromatic N) is 2. The van der Waals surface area contributed by atoms with Crippen LogP contribution >= 0.6 is 0 Å².